The van der Waals surface area contributed by atoms with Crippen LogP contribution in [0.15, 0.2) is 53.7 Å². The van der Waals surface area contributed by atoms with E-state index in [-0.39, 0.29) is 24.6 Å². The molecule has 2 aromatic carbocycles. The van der Waals surface area contributed by atoms with Gasteiger partial charge in [-0.25, -0.2) is 4.39 Å². The summed E-state index contributed by atoms with van der Waals surface area (Å²) in [5.74, 6) is -0.265. The van der Waals surface area contributed by atoms with Crippen LogP contribution in [0.1, 0.15) is 37.0 Å². The molecule has 0 spiro atoms. The zero-order valence-electron chi connectivity index (χ0n) is 17.9. The Labute approximate surface area is 178 Å². The van der Waals surface area contributed by atoms with Crippen molar-refractivity contribution in [2.45, 2.75) is 52.0 Å². The molecule has 1 aliphatic rings. The predicted octanol–water partition coefficient (Wildman–Crippen LogP) is 3.92. The monoisotopic (exact) mass is 414 g/mol. The van der Waals surface area contributed by atoms with Crippen LogP contribution >= 0.6 is 0 Å². The third-order valence-corrected chi connectivity index (χ3v) is 5.04. The van der Waals surface area contributed by atoms with Crippen molar-refractivity contribution in [1.29, 1.82) is 0 Å². The van der Waals surface area contributed by atoms with E-state index in [1.165, 1.54) is 17.7 Å². The summed E-state index contributed by atoms with van der Waals surface area (Å²) in [5.41, 5.74) is 4.05. The van der Waals surface area contributed by atoms with Crippen molar-refractivity contribution in [2.75, 3.05) is 19.7 Å². The van der Waals surface area contributed by atoms with E-state index in [2.05, 4.69) is 29.1 Å². The largest absolute Gasteiger partial charge is 0.390 e. The second-order valence-corrected chi connectivity index (χ2v) is 8.14. The Hall–Kier alpha value is -2.28. The molecule has 0 bridgehead atoms. The van der Waals surface area contributed by atoms with Crippen molar-refractivity contribution in [3.8, 4) is 0 Å². The van der Waals surface area contributed by atoms with Crippen molar-refractivity contribution < 1.29 is 19.1 Å². The minimum atomic E-state index is -0.640. The molecule has 1 aliphatic heterocycles. The molecule has 3 rings (SSSR count). The molecule has 0 amide bonds. The molecule has 30 heavy (non-hydrogen) atoms. The molecular weight excluding hydrogens is 383 g/mol. The van der Waals surface area contributed by atoms with Crippen molar-refractivity contribution in [3.63, 3.8) is 0 Å². The minimum Gasteiger partial charge on any atom is -0.390 e. The van der Waals surface area contributed by atoms with Crippen LogP contribution in [0.2, 0.25) is 0 Å². The van der Waals surface area contributed by atoms with Crippen LogP contribution in [0, 0.1) is 12.7 Å². The molecule has 0 aromatic heterocycles. The van der Waals surface area contributed by atoms with Gasteiger partial charge in [0.2, 0.25) is 0 Å². The first-order valence-corrected chi connectivity index (χ1v) is 10.5. The van der Waals surface area contributed by atoms with Gasteiger partial charge in [-0.1, -0.05) is 41.6 Å². The number of aliphatic hydroxyl groups is 1. The van der Waals surface area contributed by atoms with Crippen LogP contribution in [0.3, 0.4) is 0 Å². The molecule has 0 radical (unpaired) electrons. The topological polar surface area (TPSA) is 54.3 Å². The highest BCUT2D eigenvalue weighted by Crippen LogP contribution is 2.21. The zero-order valence-corrected chi connectivity index (χ0v) is 17.9. The number of halogens is 1. The van der Waals surface area contributed by atoms with Gasteiger partial charge in [-0.15, -0.1) is 0 Å². The normalized spacial score (nSPS) is 17.3. The molecule has 6 heteroatoms. The Morgan fingerprint density at radius 2 is 2.03 bits per heavy atom. The van der Waals surface area contributed by atoms with Gasteiger partial charge in [-0.3, -0.25) is 4.90 Å². The number of oxime groups is 1. The van der Waals surface area contributed by atoms with Crippen molar-refractivity contribution in [1.82, 2.24) is 4.90 Å². The first-order valence-electron chi connectivity index (χ1n) is 10.5. The van der Waals surface area contributed by atoms with Crippen LogP contribution in [-0.4, -0.2) is 53.7 Å². The highest BCUT2D eigenvalue weighted by atomic mass is 19.1. The number of aliphatic hydroxyl groups excluding tert-OH is 1. The Morgan fingerprint density at radius 1 is 1.23 bits per heavy atom. The van der Waals surface area contributed by atoms with E-state index in [0.29, 0.717) is 26.1 Å². The summed E-state index contributed by atoms with van der Waals surface area (Å²) in [6.45, 7) is 7.69. The number of hydrogen-bond donors (Lipinski definition) is 1. The first kappa shape index (κ1) is 22.4. The van der Waals surface area contributed by atoms with E-state index < -0.39 is 6.10 Å². The molecule has 5 nitrogen and oxygen atoms in total. The molecular formula is C24H31FN2O3. The van der Waals surface area contributed by atoms with Crippen molar-refractivity contribution >= 4 is 5.71 Å². The third kappa shape index (κ3) is 6.62. The quantitative estimate of drug-likeness (QED) is 0.640. The van der Waals surface area contributed by atoms with E-state index in [4.69, 9.17) is 9.57 Å². The first-order chi connectivity index (χ1) is 14.4. The molecule has 2 unspecified atom stereocenters. The summed E-state index contributed by atoms with van der Waals surface area (Å²) in [4.78, 5) is 7.78. The summed E-state index contributed by atoms with van der Waals surface area (Å²) < 4.78 is 19.2. The fraction of sp³-hybridized carbons (Fsp3) is 0.458. The summed E-state index contributed by atoms with van der Waals surface area (Å²) in [6.07, 6.45) is -0.00614. The molecule has 162 valence electrons. The number of benzene rings is 2. The van der Waals surface area contributed by atoms with Crippen LogP contribution in [0.4, 0.5) is 4.39 Å². The van der Waals surface area contributed by atoms with Gasteiger partial charge < -0.3 is 14.7 Å². The molecule has 1 heterocycles. The highest BCUT2D eigenvalue weighted by Gasteiger charge is 2.26. The molecule has 1 N–H and O–H groups in total. The maximum Gasteiger partial charge on any atom is 0.145 e. The van der Waals surface area contributed by atoms with Gasteiger partial charge in [0.1, 0.15) is 11.9 Å². The van der Waals surface area contributed by atoms with Gasteiger partial charge in [-0.05, 0) is 44.0 Å². The van der Waals surface area contributed by atoms with Crippen LogP contribution < -0.4 is 0 Å². The number of nitrogens with zero attached hydrogens (tertiary/aromatic N) is 2. The fourth-order valence-corrected chi connectivity index (χ4v) is 3.62. The summed E-state index contributed by atoms with van der Waals surface area (Å²) in [5, 5.41) is 14.7. The molecule has 0 saturated carbocycles. The zero-order chi connectivity index (χ0) is 21.5. The molecule has 0 saturated heterocycles. The predicted molar refractivity (Wildman–Crippen MR) is 116 cm³/mol. The molecule has 0 aliphatic carbocycles. The van der Waals surface area contributed by atoms with Crippen molar-refractivity contribution in [3.05, 3.63) is 71.0 Å². The summed E-state index contributed by atoms with van der Waals surface area (Å²) in [7, 11) is 0. The van der Waals surface area contributed by atoms with Crippen LogP contribution in [0.25, 0.3) is 0 Å². The lowest BCUT2D eigenvalue weighted by Crippen LogP contribution is -2.39. The molecule has 2 aromatic rings. The highest BCUT2D eigenvalue weighted by molar-refractivity contribution is 6.02. The smallest absolute Gasteiger partial charge is 0.145 e. The maximum absolute atomic E-state index is 13.6. The Balaban J connectivity index is 1.64. The maximum atomic E-state index is 13.6. The lowest BCUT2D eigenvalue weighted by molar-refractivity contribution is -0.0194. The molecule has 0 fully saturated rings. The lowest BCUT2D eigenvalue weighted by Gasteiger charge is -2.27. The minimum absolute atomic E-state index is 0.0551. The summed E-state index contributed by atoms with van der Waals surface area (Å²) >= 11 is 0. The standard InChI is InChI=1S/C24H31FN2O3/c1-17(2)29-16-21(28)14-27(13-19-8-6-9-20(25)11-19)15-22-12-24(26-30-22)23-10-5-4-7-18(23)3/h4-11,17,21-22,28H,12-16H2,1-3H3. The van der Waals surface area contributed by atoms with Gasteiger partial charge in [0.15, 0.2) is 0 Å². The number of aryl methyl sites for hydroxylation is 1. The Kier molecular flexibility index (Phi) is 7.96. The molecule has 2 atom stereocenters. The lowest BCUT2D eigenvalue weighted by atomic mass is 10.00. The van der Waals surface area contributed by atoms with Crippen LogP contribution in [-0.2, 0) is 16.1 Å². The van der Waals surface area contributed by atoms with Gasteiger partial charge in [0.25, 0.3) is 0 Å². The van der Waals surface area contributed by atoms with Crippen LogP contribution in [0.5, 0.6) is 0 Å². The van der Waals surface area contributed by atoms with E-state index in [1.807, 2.05) is 32.0 Å². The Bertz CT molecular complexity index is 856. The van der Waals surface area contributed by atoms with E-state index in [9.17, 15) is 9.50 Å². The number of hydrogen-bond acceptors (Lipinski definition) is 5. The second kappa shape index (κ2) is 10.7. The third-order valence-electron chi connectivity index (χ3n) is 5.04. The van der Waals surface area contributed by atoms with E-state index in [1.54, 1.807) is 6.07 Å². The van der Waals surface area contributed by atoms with E-state index >= 15 is 0 Å². The van der Waals surface area contributed by atoms with Gasteiger partial charge in [0.05, 0.1) is 24.5 Å². The van der Waals surface area contributed by atoms with Crippen molar-refractivity contribution in [2.24, 2.45) is 5.16 Å². The summed E-state index contributed by atoms with van der Waals surface area (Å²) in [6, 6.07) is 14.7. The average molecular weight is 415 g/mol. The average Bonchev–Trinajstić information content (AvgIpc) is 3.15. The SMILES string of the molecule is Cc1ccccc1C1=NOC(CN(Cc2cccc(F)c2)CC(O)COC(C)C)C1. The van der Waals surface area contributed by atoms with E-state index in [0.717, 1.165) is 16.8 Å². The number of ether oxygens (including phenoxy) is 1. The number of rotatable bonds is 10. The fourth-order valence-electron chi connectivity index (χ4n) is 3.62. The van der Waals surface area contributed by atoms with Gasteiger partial charge in [-0.2, -0.15) is 0 Å². The second-order valence-electron chi connectivity index (χ2n) is 8.14. The van der Waals surface area contributed by atoms with Gasteiger partial charge in [0, 0.05) is 31.6 Å². The van der Waals surface area contributed by atoms with Gasteiger partial charge >= 0.3 is 0 Å². The Morgan fingerprint density at radius 3 is 2.77 bits per heavy atom.